The Labute approximate surface area is 176 Å². The van der Waals surface area contributed by atoms with E-state index in [1.807, 2.05) is 0 Å². The zero-order valence-electron chi connectivity index (χ0n) is 16.9. The van der Waals surface area contributed by atoms with Crippen LogP contribution >= 0.6 is 0 Å². The highest BCUT2D eigenvalue weighted by Gasteiger charge is 2.43. The van der Waals surface area contributed by atoms with Gasteiger partial charge in [-0.15, -0.1) is 0 Å². The van der Waals surface area contributed by atoms with Crippen LogP contribution in [0.4, 0.5) is 0 Å². The minimum atomic E-state index is -4.33. The second kappa shape index (κ2) is 9.22. The number of nitrogens with zero attached hydrogens (tertiary/aromatic N) is 2. The van der Waals surface area contributed by atoms with Crippen LogP contribution in [0.25, 0.3) is 0 Å². The number of hydrogen-bond donors (Lipinski definition) is 2. The van der Waals surface area contributed by atoms with Gasteiger partial charge in [0.2, 0.25) is 11.8 Å². The number of carbonyl (C=O) groups is 3. The summed E-state index contributed by atoms with van der Waals surface area (Å²) in [5.74, 6) is -1.51. The quantitative estimate of drug-likeness (QED) is 0.643. The number of nitrogens with two attached hydrogens (primary N) is 1. The van der Waals surface area contributed by atoms with Crippen molar-refractivity contribution in [2.45, 2.75) is 62.4 Å². The van der Waals surface area contributed by atoms with E-state index in [2.05, 4.69) is 10.3 Å². The number of hydrogen-bond acceptors (Lipinski definition) is 7. The molecule has 2 heterocycles. The van der Waals surface area contributed by atoms with E-state index in [1.54, 1.807) is 6.07 Å². The summed E-state index contributed by atoms with van der Waals surface area (Å²) in [4.78, 5) is 41.8. The maximum Gasteiger partial charge on any atom is 0.284 e. The molecule has 1 atom stereocenters. The van der Waals surface area contributed by atoms with Gasteiger partial charge in [-0.3, -0.25) is 14.4 Å². The Balaban J connectivity index is 1.91. The molecule has 1 aliphatic heterocycles. The second-order valence-corrected chi connectivity index (χ2v) is 9.78. The molecular formula is C20H28N4O5S. The summed E-state index contributed by atoms with van der Waals surface area (Å²) in [6.07, 6.45) is 5.00. The molecule has 1 saturated carbocycles. The second-order valence-electron chi connectivity index (χ2n) is 8.02. The Hall–Kier alpha value is -2.33. The summed E-state index contributed by atoms with van der Waals surface area (Å²) < 4.78 is 27.3. The molecule has 2 amide bonds. The van der Waals surface area contributed by atoms with E-state index in [9.17, 15) is 22.8 Å². The highest BCUT2D eigenvalue weighted by molar-refractivity contribution is 7.89. The molecular weight excluding hydrogens is 408 g/mol. The highest BCUT2D eigenvalue weighted by Crippen LogP contribution is 2.42. The zero-order chi connectivity index (χ0) is 21.8. The molecule has 1 aliphatic carbocycles. The molecule has 0 aromatic carbocycles. The van der Waals surface area contributed by atoms with Gasteiger partial charge in [0.25, 0.3) is 10.0 Å². The summed E-state index contributed by atoms with van der Waals surface area (Å²) in [6, 6.07) is 3.30. The number of aromatic nitrogens is 1. The van der Waals surface area contributed by atoms with Gasteiger partial charge in [0.1, 0.15) is 6.04 Å². The molecule has 2 aliphatic rings. The first-order valence-corrected chi connectivity index (χ1v) is 11.7. The van der Waals surface area contributed by atoms with Gasteiger partial charge < -0.3 is 11.1 Å². The molecule has 30 heavy (non-hydrogen) atoms. The first kappa shape index (κ1) is 22.4. The third-order valence-corrected chi connectivity index (χ3v) is 7.84. The summed E-state index contributed by atoms with van der Waals surface area (Å²) in [6.45, 7) is 0.566. The van der Waals surface area contributed by atoms with Crippen LogP contribution < -0.4 is 11.1 Å². The smallest absolute Gasteiger partial charge is 0.284 e. The lowest BCUT2D eigenvalue weighted by Crippen LogP contribution is -2.50. The average Bonchev–Trinajstić information content (AvgIpc) is 3.13. The van der Waals surface area contributed by atoms with Crippen LogP contribution in [0.1, 0.15) is 51.4 Å². The third-order valence-electron chi connectivity index (χ3n) is 6.09. The van der Waals surface area contributed by atoms with Gasteiger partial charge >= 0.3 is 0 Å². The maximum absolute atomic E-state index is 13.3. The predicted molar refractivity (Wildman–Crippen MR) is 108 cm³/mol. The van der Waals surface area contributed by atoms with Crippen molar-refractivity contribution in [3.05, 3.63) is 24.4 Å². The molecule has 1 aromatic heterocycles. The summed E-state index contributed by atoms with van der Waals surface area (Å²) in [5, 5.41) is 2.67. The number of nitrogens with one attached hydrogen (secondary N) is 1. The van der Waals surface area contributed by atoms with Crippen LogP contribution in [0.2, 0.25) is 0 Å². The number of ketones is 1. The SMILES string of the molecule is NC(=O)C1(CCC(=O)N([C@H]2CCCNCC2=O)S(=O)(=O)c2ccccn2)CCCC1. The average molecular weight is 437 g/mol. The van der Waals surface area contributed by atoms with Crippen LogP contribution in [0, 0.1) is 5.41 Å². The van der Waals surface area contributed by atoms with Crippen LogP contribution in [0.15, 0.2) is 29.4 Å². The molecule has 10 heteroatoms. The van der Waals surface area contributed by atoms with Crippen molar-refractivity contribution >= 4 is 27.6 Å². The molecule has 164 valence electrons. The van der Waals surface area contributed by atoms with Gasteiger partial charge in [-0.1, -0.05) is 18.9 Å². The lowest BCUT2D eigenvalue weighted by molar-refractivity contribution is -0.135. The van der Waals surface area contributed by atoms with Crippen molar-refractivity contribution < 1.29 is 22.8 Å². The first-order valence-electron chi connectivity index (χ1n) is 10.3. The van der Waals surface area contributed by atoms with Crippen LogP contribution in [0.3, 0.4) is 0 Å². The van der Waals surface area contributed by atoms with E-state index in [-0.39, 0.29) is 36.6 Å². The Bertz CT molecular complexity index is 897. The normalized spacial score (nSPS) is 21.7. The fourth-order valence-corrected chi connectivity index (χ4v) is 5.93. The van der Waals surface area contributed by atoms with Crippen molar-refractivity contribution in [1.82, 2.24) is 14.6 Å². The van der Waals surface area contributed by atoms with E-state index in [1.165, 1.54) is 18.3 Å². The summed E-state index contributed by atoms with van der Waals surface area (Å²) in [7, 11) is -4.33. The predicted octanol–water partition coefficient (Wildman–Crippen LogP) is 0.746. The van der Waals surface area contributed by atoms with Crippen molar-refractivity contribution in [2.24, 2.45) is 11.1 Å². The van der Waals surface area contributed by atoms with Crippen molar-refractivity contribution in [1.29, 1.82) is 0 Å². The van der Waals surface area contributed by atoms with Crippen LogP contribution in [-0.2, 0) is 24.4 Å². The van der Waals surface area contributed by atoms with Gasteiger partial charge in [0, 0.05) is 18.0 Å². The maximum atomic E-state index is 13.3. The van der Waals surface area contributed by atoms with E-state index in [0.717, 1.165) is 12.8 Å². The number of amides is 2. The Morgan fingerprint density at radius 1 is 1.23 bits per heavy atom. The van der Waals surface area contributed by atoms with Crippen molar-refractivity contribution in [3.8, 4) is 0 Å². The molecule has 3 N–H and O–H groups in total. The van der Waals surface area contributed by atoms with Crippen LogP contribution in [-0.4, -0.2) is 54.4 Å². The zero-order valence-corrected chi connectivity index (χ0v) is 17.7. The van der Waals surface area contributed by atoms with Crippen molar-refractivity contribution in [3.63, 3.8) is 0 Å². The van der Waals surface area contributed by atoms with Gasteiger partial charge in [-0.25, -0.2) is 9.29 Å². The standard InChI is InChI=1S/C20H28N4O5S/c21-19(27)20(9-2-3-10-20)11-8-18(26)24(15-6-5-12-22-14-16(15)25)30(28,29)17-7-1-4-13-23-17/h1,4,7,13,15,22H,2-3,5-6,8-12,14H2,(H2,21,27)/t15-/m0/s1. The minimum absolute atomic E-state index is 0.00257. The number of primary amides is 1. The van der Waals surface area contributed by atoms with Crippen molar-refractivity contribution in [2.75, 3.05) is 13.1 Å². The molecule has 1 saturated heterocycles. The molecule has 0 bridgehead atoms. The topological polar surface area (TPSA) is 140 Å². The van der Waals surface area contributed by atoms with E-state index >= 15 is 0 Å². The molecule has 9 nitrogen and oxygen atoms in total. The Morgan fingerprint density at radius 2 is 1.97 bits per heavy atom. The van der Waals surface area contributed by atoms with Gasteiger partial charge in [-0.05, 0) is 50.8 Å². The Morgan fingerprint density at radius 3 is 2.60 bits per heavy atom. The molecule has 0 spiro atoms. The number of carbonyl (C=O) groups excluding carboxylic acids is 3. The van der Waals surface area contributed by atoms with Gasteiger partial charge in [0.15, 0.2) is 10.8 Å². The molecule has 0 unspecified atom stereocenters. The summed E-state index contributed by atoms with van der Waals surface area (Å²) in [5.41, 5.74) is 4.82. The van der Waals surface area contributed by atoms with E-state index in [0.29, 0.717) is 30.1 Å². The van der Waals surface area contributed by atoms with E-state index < -0.39 is 33.3 Å². The molecule has 3 rings (SSSR count). The molecule has 2 fully saturated rings. The van der Waals surface area contributed by atoms with E-state index in [4.69, 9.17) is 5.73 Å². The summed E-state index contributed by atoms with van der Waals surface area (Å²) >= 11 is 0. The fraction of sp³-hybridized carbons (Fsp3) is 0.600. The fourth-order valence-electron chi connectivity index (χ4n) is 4.36. The van der Waals surface area contributed by atoms with Crippen LogP contribution in [0.5, 0.6) is 0 Å². The van der Waals surface area contributed by atoms with Gasteiger partial charge in [-0.2, -0.15) is 8.42 Å². The Kier molecular flexibility index (Phi) is 6.87. The monoisotopic (exact) mass is 436 g/mol. The van der Waals surface area contributed by atoms with Gasteiger partial charge in [0.05, 0.1) is 6.54 Å². The lowest BCUT2D eigenvalue weighted by atomic mass is 9.80. The molecule has 0 radical (unpaired) electrons. The highest BCUT2D eigenvalue weighted by atomic mass is 32.2. The minimum Gasteiger partial charge on any atom is -0.369 e. The lowest BCUT2D eigenvalue weighted by Gasteiger charge is -2.31. The number of sulfonamides is 1. The third kappa shape index (κ3) is 4.54. The number of Topliss-reactive ketones (excluding diaryl/α,β-unsaturated/α-hetero) is 1. The number of pyridine rings is 1. The molecule has 1 aromatic rings. The first-order chi connectivity index (χ1) is 14.3. The number of rotatable bonds is 7. The largest absolute Gasteiger partial charge is 0.369 e.